The van der Waals surface area contributed by atoms with Gasteiger partial charge in [0.25, 0.3) is 5.91 Å². The molecule has 2 heterocycles. The van der Waals surface area contributed by atoms with Gasteiger partial charge in [0, 0.05) is 20.3 Å². The number of carbonyl (C=O) groups is 1. The Morgan fingerprint density at radius 2 is 1.77 bits per heavy atom. The molecule has 1 aliphatic rings. The van der Waals surface area contributed by atoms with Crippen LogP contribution < -0.4 is 14.9 Å². The van der Waals surface area contributed by atoms with Crippen molar-refractivity contribution in [1.29, 1.82) is 0 Å². The highest BCUT2D eigenvalue weighted by Crippen LogP contribution is 2.40. The molecule has 0 saturated heterocycles. The van der Waals surface area contributed by atoms with Gasteiger partial charge in [0.1, 0.15) is 5.58 Å². The minimum absolute atomic E-state index is 0.0934. The van der Waals surface area contributed by atoms with Crippen molar-refractivity contribution in [2.75, 3.05) is 34.5 Å². The Hall–Kier alpha value is -3.32. The Labute approximate surface area is 173 Å². The topological polar surface area (TPSA) is 78.2 Å². The zero-order valence-electron chi connectivity index (χ0n) is 17.1. The molecule has 0 radical (unpaired) electrons. The number of hydrogen-bond donors (Lipinski definition) is 0. The van der Waals surface area contributed by atoms with Crippen LogP contribution in [0.25, 0.3) is 11.0 Å². The molecule has 30 heavy (non-hydrogen) atoms. The van der Waals surface area contributed by atoms with Crippen molar-refractivity contribution in [2.24, 2.45) is 0 Å². The number of rotatable bonds is 7. The third-order valence-electron chi connectivity index (χ3n) is 5.34. The maximum absolute atomic E-state index is 13.4. The van der Waals surface area contributed by atoms with Crippen molar-refractivity contribution in [3.05, 3.63) is 69.6 Å². The predicted molar refractivity (Wildman–Crippen MR) is 111 cm³/mol. The third kappa shape index (κ3) is 3.21. The van der Waals surface area contributed by atoms with Crippen LogP contribution in [0.4, 0.5) is 0 Å². The van der Waals surface area contributed by atoms with Crippen LogP contribution in [-0.2, 0) is 4.74 Å². The van der Waals surface area contributed by atoms with Crippen molar-refractivity contribution < 1.29 is 23.4 Å². The number of ether oxygens (including phenoxy) is 3. The first-order chi connectivity index (χ1) is 14.6. The molecule has 7 nitrogen and oxygen atoms in total. The minimum atomic E-state index is -0.579. The molecule has 1 aromatic heterocycles. The van der Waals surface area contributed by atoms with E-state index in [-0.39, 0.29) is 17.1 Å². The van der Waals surface area contributed by atoms with Gasteiger partial charge in [-0.2, -0.15) is 0 Å². The lowest BCUT2D eigenvalue weighted by molar-refractivity contribution is 0.0707. The maximum atomic E-state index is 13.4. The van der Waals surface area contributed by atoms with Crippen molar-refractivity contribution in [3.63, 3.8) is 0 Å². The van der Waals surface area contributed by atoms with E-state index < -0.39 is 6.04 Å². The molecule has 0 aliphatic carbocycles. The fourth-order valence-electron chi connectivity index (χ4n) is 3.95. The summed E-state index contributed by atoms with van der Waals surface area (Å²) in [6, 6.07) is 11.8. The summed E-state index contributed by atoms with van der Waals surface area (Å²) in [5.74, 6) is 0.889. The van der Waals surface area contributed by atoms with Gasteiger partial charge >= 0.3 is 0 Å². The lowest BCUT2D eigenvalue weighted by Gasteiger charge is -2.25. The average Bonchev–Trinajstić information content (AvgIpc) is 3.05. The smallest absolute Gasteiger partial charge is 0.290 e. The highest BCUT2D eigenvalue weighted by Gasteiger charge is 2.42. The molecule has 1 unspecified atom stereocenters. The van der Waals surface area contributed by atoms with Crippen LogP contribution in [0, 0.1) is 0 Å². The molecule has 0 bridgehead atoms. The Morgan fingerprint density at radius 1 is 1.00 bits per heavy atom. The first-order valence-electron chi connectivity index (χ1n) is 9.68. The van der Waals surface area contributed by atoms with E-state index in [1.54, 1.807) is 62.6 Å². The summed E-state index contributed by atoms with van der Waals surface area (Å²) in [6.07, 6.45) is 0.633. The molecule has 1 amide bonds. The summed E-state index contributed by atoms with van der Waals surface area (Å²) >= 11 is 0. The third-order valence-corrected chi connectivity index (χ3v) is 5.34. The van der Waals surface area contributed by atoms with Gasteiger partial charge in [-0.3, -0.25) is 9.59 Å². The maximum Gasteiger partial charge on any atom is 0.290 e. The zero-order chi connectivity index (χ0) is 21.3. The molecule has 156 valence electrons. The van der Waals surface area contributed by atoms with Crippen LogP contribution >= 0.6 is 0 Å². The molecule has 0 N–H and O–H groups in total. The van der Waals surface area contributed by atoms with Gasteiger partial charge in [-0.05, 0) is 36.2 Å². The number of fused-ring (bicyclic) bond motifs is 2. The molecular weight excluding hydrogens is 386 g/mol. The number of benzene rings is 2. The van der Waals surface area contributed by atoms with Crippen LogP contribution in [0.3, 0.4) is 0 Å². The average molecular weight is 409 g/mol. The summed E-state index contributed by atoms with van der Waals surface area (Å²) in [6.45, 7) is 0.924. The summed E-state index contributed by atoms with van der Waals surface area (Å²) < 4.78 is 21.8. The van der Waals surface area contributed by atoms with Crippen molar-refractivity contribution in [3.8, 4) is 11.5 Å². The van der Waals surface area contributed by atoms with Crippen molar-refractivity contribution in [2.45, 2.75) is 12.5 Å². The molecule has 0 spiro atoms. The quantitative estimate of drug-likeness (QED) is 0.557. The highest BCUT2D eigenvalue weighted by atomic mass is 16.5. The Balaban J connectivity index is 1.91. The minimum Gasteiger partial charge on any atom is -0.493 e. The van der Waals surface area contributed by atoms with E-state index >= 15 is 0 Å². The zero-order valence-corrected chi connectivity index (χ0v) is 17.1. The summed E-state index contributed by atoms with van der Waals surface area (Å²) in [5.41, 5.74) is 1.30. The predicted octanol–water partition coefficient (Wildman–Crippen LogP) is 3.39. The van der Waals surface area contributed by atoms with Gasteiger partial charge in [-0.15, -0.1) is 0 Å². The van der Waals surface area contributed by atoms with Gasteiger partial charge in [0.2, 0.25) is 5.76 Å². The molecule has 0 saturated carbocycles. The number of carbonyl (C=O) groups excluding carboxylic acids is 1. The second-order valence-electron chi connectivity index (χ2n) is 7.03. The fourth-order valence-corrected chi connectivity index (χ4v) is 3.95. The fraction of sp³-hybridized carbons (Fsp3) is 0.304. The number of amides is 1. The molecule has 3 aromatic rings. The molecule has 0 fully saturated rings. The van der Waals surface area contributed by atoms with Gasteiger partial charge < -0.3 is 23.5 Å². The number of nitrogens with zero attached hydrogens (tertiary/aromatic N) is 1. The van der Waals surface area contributed by atoms with Crippen LogP contribution in [0.15, 0.2) is 51.7 Å². The molecule has 2 aromatic carbocycles. The van der Waals surface area contributed by atoms with Gasteiger partial charge in [0.15, 0.2) is 16.9 Å². The molecular formula is C23H23NO6. The lowest BCUT2D eigenvalue weighted by Crippen LogP contribution is -2.31. The molecule has 1 aliphatic heterocycles. The number of hydrogen-bond acceptors (Lipinski definition) is 6. The molecule has 1 atom stereocenters. The SMILES string of the molecule is COCCCN1C(=O)c2oc3ccccc3c(=O)c2C1c1ccc(OC)c(OC)c1. The summed E-state index contributed by atoms with van der Waals surface area (Å²) in [7, 11) is 4.72. The monoisotopic (exact) mass is 409 g/mol. The Bertz CT molecular complexity index is 1150. The largest absolute Gasteiger partial charge is 0.493 e. The number of methoxy groups -OCH3 is 3. The van der Waals surface area contributed by atoms with Crippen molar-refractivity contribution in [1.82, 2.24) is 4.90 Å². The van der Waals surface area contributed by atoms with Crippen LogP contribution in [-0.4, -0.2) is 45.3 Å². The second-order valence-corrected chi connectivity index (χ2v) is 7.03. The Morgan fingerprint density at radius 3 is 2.50 bits per heavy atom. The normalized spacial score (nSPS) is 15.5. The van der Waals surface area contributed by atoms with E-state index in [0.29, 0.717) is 47.6 Å². The van der Waals surface area contributed by atoms with E-state index in [4.69, 9.17) is 18.6 Å². The summed E-state index contributed by atoms with van der Waals surface area (Å²) in [5, 5.41) is 0.452. The van der Waals surface area contributed by atoms with E-state index in [2.05, 4.69) is 0 Å². The van der Waals surface area contributed by atoms with Gasteiger partial charge in [0.05, 0.1) is 31.2 Å². The van der Waals surface area contributed by atoms with Crippen LogP contribution in [0.5, 0.6) is 11.5 Å². The van der Waals surface area contributed by atoms with Gasteiger partial charge in [-0.25, -0.2) is 0 Å². The second kappa shape index (κ2) is 8.20. The van der Waals surface area contributed by atoms with E-state index in [1.807, 2.05) is 6.07 Å². The molecule has 4 rings (SSSR count). The van der Waals surface area contributed by atoms with Crippen LogP contribution in [0.2, 0.25) is 0 Å². The van der Waals surface area contributed by atoms with Crippen molar-refractivity contribution >= 4 is 16.9 Å². The number of para-hydroxylation sites is 1. The van der Waals surface area contributed by atoms with E-state index in [1.165, 1.54) is 0 Å². The summed E-state index contributed by atoms with van der Waals surface area (Å²) in [4.78, 5) is 28.3. The molecule has 7 heteroatoms. The van der Waals surface area contributed by atoms with E-state index in [0.717, 1.165) is 5.56 Å². The lowest BCUT2D eigenvalue weighted by atomic mass is 9.98. The first kappa shape index (κ1) is 20.0. The highest BCUT2D eigenvalue weighted by molar-refractivity contribution is 5.99. The van der Waals surface area contributed by atoms with E-state index in [9.17, 15) is 9.59 Å². The Kier molecular flexibility index (Phi) is 5.46. The van der Waals surface area contributed by atoms with Crippen LogP contribution in [0.1, 0.15) is 34.1 Å². The standard InChI is InChI=1S/C23H23NO6/c1-27-12-6-11-24-20(14-9-10-17(28-2)18(13-14)29-3)19-21(25)15-7-4-5-8-16(15)30-22(19)23(24)26/h4-5,7-10,13,20H,6,11-12H2,1-3H3. The first-order valence-corrected chi connectivity index (χ1v) is 9.68. The van der Waals surface area contributed by atoms with Gasteiger partial charge in [-0.1, -0.05) is 18.2 Å².